The van der Waals surface area contributed by atoms with Gasteiger partial charge in [-0.3, -0.25) is 10.1 Å². The standard InChI is InChI=1S/C7H5FNO3/c1-4-6(10)3-2-5(7(4)8)9(11)12/h2-3,10H,1H2. The summed E-state index contributed by atoms with van der Waals surface area (Å²) in [5, 5.41) is 19.0. The summed E-state index contributed by atoms with van der Waals surface area (Å²) in [5.74, 6) is -1.49. The number of benzene rings is 1. The van der Waals surface area contributed by atoms with Crippen LogP contribution in [0, 0.1) is 22.9 Å². The monoisotopic (exact) mass is 170 g/mol. The Bertz CT molecular complexity index is 338. The molecule has 1 radical (unpaired) electrons. The molecule has 12 heavy (non-hydrogen) atoms. The van der Waals surface area contributed by atoms with Gasteiger partial charge in [0, 0.05) is 11.6 Å². The Morgan fingerprint density at radius 2 is 2.17 bits per heavy atom. The zero-order valence-corrected chi connectivity index (χ0v) is 5.95. The summed E-state index contributed by atoms with van der Waals surface area (Å²) in [7, 11) is 0. The molecule has 0 fully saturated rings. The van der Waals surface area contributed by atoms with Crippen LogP contribution in [0.1, 0.15) is 5.56 Å². The van der Waals surface area contributed by atoms with Gasteiger partial charge in [-0.05, 0) is 13.0 Å². The van der Waals surface area contributed by atoms with Crippen LogP contribution >= 0.6 is 0 Å². The Morgan fingerprint density at radius 1 is 1.58 bits per heavy atom. The number of hydrogen-bond donors (Lipinski definition) is 1. The number of nitrogens with zero attached hydrogens (tertiary/aromatic N) is 1. The summed E-state index contributed by atoms with van der Waals surface area (Å²) < 4.78 is 12.8. The van der Waals surface area contributed by atoms with Gasteiger partial charge >= 0.3 is 5.69 Å². The van der Waals surface area contributed by atoms with E-state index in [4.69, 9.17) is 5.11 Å². The first-order chi connectivity index (χ1) is 5.54. The van der Waals surface area contributed by atoms with Gasteiger partial charge in [-0.25, -0.2) is 0 Å². The minimum Gasteiger partial charge on any atom is -0.508 e. The number of phenols is 1. The van der Waals surface area contributed by atoms with Crippen molar-refractivity contribution in [2.75, 3.05) is 0 Å². The number of nitro groups is 1. The number of phenolic OH excluding ortho intramolecular Hbond substituents is 1. The van der Waals surface area contributed by atoms with Crippen molar-refractivity contribution >= 4 is 5.69 Å². The van der Waals surface area contributed by atoms with Crippen molar-refractivity contribution in [1.29, 1.82) is 0 Å². The van der Waals surface area contributed by atoms with E-state index in [1.54, 1.807) is 0 Å². The average Bonchev–Trinajstić information content (AvgIpc) is 2.00. The van der Waals surface area contributed by atoms with Gasteiger partial charge in [0.25, 0.3) is 0 Å². The van der Waals surface area contributed by atoms with E-state index in [9.17, 15) is 14.5 Å². The second kappa shape index (κ2) is 2.77. The van der Waals surface area contributed by atoms with Crippen molar-refractivity contribution in [3.63, 3.8) is 0 Å². The van der Waals surface area contributed by atoms with E-state index in [-0.39, 0.29) is 5.56 Å². The van der Waals surface area contributed by atoms with E-state index in [2.05, 4.69) is 6.92 Å². The van der Waals surface area contributed by atoms with Crippen LogP contribution in [0.25, 0.3) is 0 Å². The predicted molar refractivity (Wildman–Crippen MR) is 39.2 cm³/mol. The number of rotatable bonds is 1. The fourth-order valence-corrected chi connectivity index (χ4v) is 0.740. The largest absolute Gasteiger partial charge is 0.508 e. The maximum absolute atomic E-state index is 12.8. The van der Waals surface area contributed by atoms with Gasteiger partial charge in [-0.15, -0.1) is 0 Å². The average molecular weight is 170 g/mol. The molecule has 0 aliphatic rings. The molecule has 0 heterocycles. The van der Waals surface area contributed by atoms with Crippen LogP contribution in [-0.4, -0.2) is 10.0 Å². The minimum atomic E-state index is -1.10. The predicted octanol–water partition coefficient (Wildman–Crippen LogP) is 1.62. The summed E-state index contributed by atoms with van der Waals surface area (Å²) in [6.07, 6.45) is 0. The van der Waals surface area contributed by atoms with Gasteiger partial charge in [0.1, 0.15) is 5.75 Å². The van der Waals surface area contributed by atoms with Crippen LogP contribution in [0.2, 0.25) is 0 Å². The van der Waals surface area contributed by atoms with Gasteiger partial charge in [0.2, 0.25) is 5.82 Å². The highest BCUT2D eigenvalue weighted by atomic mass is 19.1. The number of nitro benzene ring substituents is 1. The molecule has 5 heteroatoms. The Morgan fingerprint density at radius 3 is 2.67 bits per heavy atom. The first-order valence-electron chi connectivity index (χ1n) is 3.02. The zero-order valence-electron chi connectivity index (χ0n) is 5.95. The third-order valence-electron chi connectivity index (χ3n) is 1.39. The van der Waals surface area contributed by atoms with Crippen LogP contribution in [0.4, 0.5) is 10.1 Å². The van der Waals surface area contributed by atoms with Crippen molar-refractivity contribution in [2.45, 2.75) is 0 Å². The zero-order chi connectivity index (χ0) is 9.30. The SMILES string of the molecule is [CH2]c1c(O)ccc([N+](=O)[O-])c1F. The highest BCUT2D eigenvalue weighted by Crippen LogP contribution is 2.26. The molecule has 1 N–H and O–H groups in total. The van der Waals surface area contributed by atoms with Gasteiger partial charge in [-0.2, -0.15) is 4.39 Å². The Hall–Kier alpha value is -1.65. The van der Waals surface area contributed by atoms with E-state index in [0.29, 0.717) is 0 Å². The Kier molecular flexibility index (Phi) is 1.95. The van der Waals surface area contributed by atoms with E-state index < -0.39 is 22.2 Å². The third kappa shape index (κ3) is 1.20. The quantitative estimate of drug-likeness (QED) is 0.514. The highest BCUT2D eigenvalue weighted by Gasteiger charge is 2.17. The lowest BCUT2D eigenvalue weighted by Gasteiger charge is -1.99. The lowest BCUT2D eigenvalue weighted by molar-refractivity contribution is -0.387. The third-order valence-corrected chi connectivity index (χ3v) is 1.39. The van der Waals surface area contributed by atoms with E-state index in [1.807, 2.05) is 0 Å². The molecule has 1 aromatic carbocycles. The van der Waals surface area contributed by atoms with Crippen molar-refractivity contribution < 1.29 is 14.4 Å². The van der Waals surface area contributed by atoms with Gasteiger partial charge in [-0.1, -0.05) is 0 Å². The lowest BCUT2D eigenvalue weighted by Crippen LogP contribution is -1.94. The fraction of sp³-hybridized carbons (Fsp3) is 0. The summed E-state index contributed by atoms with van der Waals surface area (Å²) in [5.41, 5.74) is -1.04. The molecular weight excluding hydrogens is 165 g/mol. The molecule has 1 rings (SSSR count). The molecule has 0 aliphatic carbocycles. The Labute approximate surface area is 67.4 Å². The first-order valence-corrected chi connectivity index (χ1v) is 3.02. The van der Waals surface area contributed by atoms with E-state index in [1.165, 1.54) is 0 Å². The molecule has 0 atom stereocenters. The molecule has 0 bridgehead atoms. The van der Waals surface area contributed by atoms with E-state index >= 15 is 0 Å². The van der Waals surface area contributed by atoms with Crippen LogP contribution in [0.3, 0.4) is 0 Å². The summed E-state index contributed by atoms with van der Waals surface area (Å²) >= 11 is 0. The summed E-state index contributed by atoms with van der Waals surface area (Å²) in [6, 6.07) is 1.92. The number of aromatic hydroxyl groups is 1. The second-order valence-electron chi connectivity index (χ2n) is 2.15. The van der Waals surface area contributed by atoms with Crippen molar-refractivity contribution in [1.82, 2.24) is 0 Å². The highest BCUT2D eigenvalue weighted by molar-refractivity contribution is 5.46. The molecule has 63 valence electrons. The molecule has 0 saturated heterocycles. The van der Waals surface area contributed by atoms with Crippen LogP contribution in [0.15, 0.2) is 12.1 Å². The van der Waals surface area contributed by atoms with E-state index in [0.717, 1.165) is 12.1 Å². The van der Waals surface area contributed by atoms with Crippen LogP contribution in [0.5, 0.6) is 5.75 Å². The van der Waals surface area contributed by atoms with Crippen molar-refractivity contribution in [3.8, 4) is 5.75 Å². The maximum Gasteiger partial charge on any atom is 0.305 e. The number of halogens is 1. The van der Waals surface area contributed by atoms with Crippen LogP contribution in [-0.2, 0) is 0 Å². The first kappa shape index (κ1) is 8.45. The second-order valence-corrected chi connectivity index (χ2v) is 2.15. The normalized spacial score (nSPS) is 9.83. The number of hydrogen-bond acceptors (Lipinski definition) is 3. The summed E-state index contributed by atoms with van der Waals surface area (Å²) in [6.45, 7) is 3.13. The fourth-order valence-electron chi connectivity index (χ4n) is 0.740. The Balaban J connectivity index is 3.36. The van der Waals surface area contributed by atoms with Gasteiger partial charge in [0.15, 0.2) is 0 Å². The minimum absolute atomic E-state index is 0.357. The smallest absolute Gasteiger partial charge is 0.305 e. The topological polar surface area (TPSA) is 63.4 Å². The maximum atomic E-state index is 12.8. The molecule has 0 spiro atoms. The molecule has 0 amide bonds. The lowest BCUT2D eigenvalue weighted by atomic mass is 10.2. The summed E-state index contributed by atoms with van der Waals surface area (Å²) in [4.78, 5) is 9.27. The molecule has 1 aromatic rings. The molecule has 0 aliphatic heterocycles. The van der Waals surface area contributed by atoms with Crippen LogP contribution < -0.4 is 0 Å². The molecule has 0 unspecified atom stereocenters. The van der Waals surface area contributed by atoms with Crippen molar-refractivity contribution in [3.05, 3.63) is 40.6 Å². The molecule has 0 saturated carbocycles. The molecular formula is C7H5FNO3. The molecule has 0 aromatic heterocycles. The molecule has 4 nitrogen and oxygen atoms in total. The van der Waals surface area contributed by atoms with Crippen molar-refractivity contribution in [2.24, 2.45) is 0 Å². The van der Waals surface area contributed by atoms with Gasteiger partial charge < -0.3 is 5.11 Å². The van der Waals surface area contributed by atoms with Gasteiger partial charge in [0.05, 0.1) is 4.92 Å².